The highest BCUT2D eigenvalue weighted by Crippen LogP contribution is 2.22. The van der Waals surface area contributed by atoms with Crippen molar-refractivity contribution < 1.29 is 8.42 Å². The fourth-order valence-electron chi connectivity index (χ4n) is 1.21. The Labute approximate surface area is 92.9 Å². The van der Waals surface area contributed by atoms with E-state index in [1.165, 1.54) is 0 Å². The quantitative estimate of drug-likeness (QED) is 0.836. The Morgan fingerprint density at radius 1 is 1.14 bits per heavy atom. The normalized spacial score (nSPS) is 11.6. The second-order valence-electron chi connectivity index (χ2n) is 2.72. The van der Waals surface area contributed by atoms with Gasteiger partial charge in [-0.25, -0.2) is 13.6 Å². The van der Waals surface area contributed by atoms with Crippen molar-refractivity contribution in [2.45, 2.75) is 16.7 Å². The zero-order valence-electron chi connectivity index (χ0n) is 7.20. The van der Waals surface area contributed by atoms with Crippen LogP contribution in [0.3, 0.4) is 0 Å². The molecular formula is C8H9Cl2NO2S. The van der Waals surface area contributed by atoms with Crippen LogP contribution < -0.4 is 5.14 Å². The Hall–Kier alpha value is -0.290. The Kier molecular flexibility index (Phi) is 3.78. The van der Waals surface area contributed by atoms with E-state index >= 15 is 0 Å². The topological polar surface area (TPSA) is 60.2 Å². The number of rotatable bonds is 3. The molecule has 2 N–H and O–H groups in total. The minimum absolute atomic E-state index is 0.0463. The molecular weight excluding hydrogens is 245 g/mol. The molecule has 0 spiro atoms. The first kappa shape index (κ1) is 11.8. The smallest absolute Gasteiger partial charge is 0.225 e. The van der Waals surface area contributed by atoms with Crippen molar-refractivity contribution in [1.82, 2.24) is 0 Å². The molecule has 0 heterocycles. The SMILES string of the molecule is NS(=O)(=O)c1c(CCl)cccc1CCl. The molecule has 1 aromatic rings. The van der Waals surface area contributed by atoms with Crippen LogP contribution in [0.2, 0.25) is 0 Å². The van der Waals surface area contributed by atoms with Crippen LogP contribution >= 0.6 is 23.2 Å². The van der Waals surface area contributed by atoms with Crippen molar-refractivity contribution in [2.24, 2.45) is 5.14 Å². The maximum atomic E-state index is 11.3. The number of primary sulfonamides is 1. The van der Waals surface area contributed by atoms with Gasteiger partial charge in [0, 0.05) is 11.8 Å². The first-order valence-electron chi connectivity index (χ1n) is 3.76. The maximum Gasteiger partial charge on any atom is 0.238 e. The Bertz CT molecular complexity index is 409. The predicted molar refractivity (Wildman–Crippen MR) is 56.9 cm³/mol. The third kappa shape index (κ3) is 2.39. The third-order valence-corrected chi connectivity index (χ3v) is 3.42. The van der Waals surface area contributed by atoms with E-state index in [1.54, 1.807) is 18.2 Å². The predicted octanol–water partition coefficient (Wildman–Crippen LogP) is 1.81. The molecule has 0 unspecified atom stereocenters. The zero-order chi connectivity index (χ0) is 10.8. The van der Waals surface area contributed by atoms with Gasteiger partial charge in [0.25, 0.3) is 0 Å². The van der Waals surface area contributed by atoms with E-state index in [9.17, 15) is 8.42 Å². The molecule has 0 aliphatic heterocycles. The largest absolute Gasteiger partial charge is 0.238 e. The van der Waals surface area contributed by atoms with Crippen LogP contribution in [0.25, 0.3) is 0 Å². The number of benzene rings is 1. The fraction of sp³-hybridized carbons (Fsp3) is 0.250. The van der Waals surface area contributed by atoms with Crippen LogP contribution in [-0.2, 0) is 21.8 Å². The lowest BCUT2D eigenvalue weighted by molar-refractivity contribution is 0.596. The third-order valence-electron chi connectivity index (χ3n) is 1.75. The van der Waals surface area contributed by atoms with E-state index < -0.39 is 10.0 Å². The van der Waals surface area contributed by atoms with E-state index in [2.05, 4.69) is 0 Å². The summed E-state index contributed by atoms with van der Waals surface area (Å²) in [5.41, 5.74) is 0.958. The lowest BCUT2D eigenvalue weighted by Crippen LogP contribution is -2.16. The summed E-state index contributed by atoms with van der Waals surface area (Å²) >= 11 is 11.2. The summed E-state index contributed by atoms with van der Waals surface area (Å²) in [5, 5.41) is 5.06. The Balaban J connectivity index is 3.50. The van der Waals surface area contributed by atoms with Crippen molar-refractivity contribution in [3.05, 3.63) is 29.3 Å². The highest BCUT2D eigenvalue weighted by atomic mass is 35.5. The summed E-state index contributed by atoms with van der Waals surface area (Å²) in [4.78, 5) is 0.0463. The van der Waals surface area contributed by atoms with Gasteiger partial charge in [-0.05, 0) is 11.1 Å². The minimum Gasteiger partial charge on any atom is -0.225 e. The molecule has 0 aliphatic carbocycles. The van der Waals surface area contributed by atoms with Gasteiger partial charge in [0.15, 0.2) is 0 Å². The van der Waals surface area contributed by atoms with Gasteiger partial charge in [-0.1, -0.05) is 18.2 Å². The van der Waals surface area contributed by atoms with E-state index in [0.717, 1.165) is 0 Å². The van der Waals surface area contributed by atoms with Gasteiger partial charge in [0.05, 0.1) is 4.90 Å². The second-order valence-corrected chi connectivity index (χ2v) is 4.75. The van der Waals surface area contributed by atoms with E-state index in [-0.39, 0.29) is 16.7 Å². The van der Waals surface area contributed by atoms with Gasteiger partial charge in [-0.15, -0.1) is 23.2 Å². The van der Waals surface area contributed by atoms with E-state index in [4.69, 9.17) is 28.3 Å². The van der Waals surface area contributed by atoms with Gasteiger partial charge < -0.3 is 0 Å². The minimum atomic E-state index is -3.76. The van der Waals surface area contributed by atoms with E-state index in [0.29, 0.717) is 11.1 Å². The molecule has 1 aromatic carbocycles. The molecule has 0 radical (unpaired) electrons. The highest BCUT2D eigenvalue weighted by Gasteiger charge is 2.17. The average molecular weight is 254 g/mol. The van der Waals surface area contributed by atoms with Gasteiger partial charge in [-0.2, -0.15) is 0 Å². The first-order chi connectivity index (χ1) is 6.50. The molecule has 0 amide bonds. The summed E-state index contributed by atoms with van der Waals surface area (Å²) in [5.74, 6) is 0.187. The molecule has 0 saturated heterocycles. The van der Waals surface area contributed by atoms with Crippen LogP contribution in [-0.4, -0.2) is 8.42 Å². The van der Waals surface area contributed by atoms with Crippen molar-refractivity contribution in [3.8, 4) is 0 Å². The van der Waals surface area contributed by atoms with Crippen LogP contribution in [0.5, 0.6) is 0 Å². The zero-order valence-corrected chi connectivity index (χ0v) is 9.53. The molecule has 0 aliphatic rings. The summed E-state index contributed by atoms with van der Waals surface area (Å²) in [7, 11) is -3.76. The maximum absolute atomic E-state index is 11.3. The molecule has 0 saturated carbocycles. The molecule has 0 fully saturated rings. The summed E-state index contributed by atoms with van der Waals surface area (Å²) in [6.45, 7) is 0. The highest BCUT2D eigenvalue weighted by molar-refractivity contribution is 7.89. The number of hydrogen-bond acceptors (Lipinski definition) is 2. The second kappa shape index (κ2) is 4.49. The molecule has 78 valence electrons. The van der Waals surface area contributed by atoms with Crippen molar-refractivity contribution in [3.63, 3.8) is 0 Å². The van der Waals surface area contributed by atoms with E-state index in [1.807, 2.05) is 0 Å². The summed E-state index contributed by atoms with van der Waals surface area (Å²) in [6, 6.07) is 4.93. The number of sulfonamides is 1. The molecule has 1 rings (SSSR count). The number of halogens is 2. The van der Waals surface area contributed by atoms with Crippen molar-refractivity contribution in [2.75, 3.05) is 0 Å². The van der Waals surface area contributed by atoms with Crippen LogP contribution in [0, 0.1) is 0 Å². The summed E-state index contributed by atoms with van der Waals surface area (Å²) in [6.07, 6.45) is 0. The number of alkyl halides is 2. The molecule has 14 heavy (non-hydrogen) atoms. The molecule has 6 heteroatoms. The molecule has 0 atom stereocenters. The van der Waals surface area contributed by atoms with Gasteiger partial charge in [-0.3, -0.25) is 0 Å². The Morgan fingerprint density at radius 2 is 1.57 bits per heavy atom. The summed E-state index contributed by atoms with van der Waals surface area (Å²) < 4.78 is 22.5. The standard InChI is InChI=1S/C8H9Cl2NO2S/c9-4-6-2-1-3-7(5-10)8(6)14(11,12)13/h1-3H,4-5H2,(H2,11,12,13). The monoisotopic (exact) mass is 253 g/mol. The van der Waals surface area contributed by atoms with Gasteiger partial charge in [0.2, 0.25) is 10.0 Å². The van der Waals surface area contributed by atoms with Crippen LogP contribution in [0.1, 0.15) is 11.1 Å². The Morgan fingerprint density at radius 3 is 1.86 bits per heavy atom. The van der Waals surface area contributed by atoms with Gasteiger partial charge in [0.1, 0.15) is 0 Å². The molecule has 3 nitrogen and oxygen atoms in total. The van der Waals surface area contributed by atoms with Gasteiger partial charge >= 0.3 is 0 Å². The van der Waals surface area contributed by atoms with Crippen molar-refractivity contribution in [1.29, 1.82) is 0 Å². The first-order valence-corrected chi connectivity index (χ1v) is 6.37. The number of hydrogen-bond donors (Lipinski definition) is 1. The molecule has 0 bridgehead atoms. The van der Waals surface area contributed by atoms with Crippen LogP contribution in [0.15, 0.2) is 23.1 Å². The average Bonchev–Trinajstić information content (AvgIpc) is 2.15. The van der Waals surface area contributed by atoms with Crippen LogP contribution in [0.4, 0.5) is 0 Å². The lowest BCUT2D eigenvalue weighted by Gasteiger charge is -2.08. The van der Waals surface area contributed by atoms with Crippen molar-refractivity contribution >= 4 is 33.2 Å². The fourth-order valence-corrected chi connectivity index (χ4v) is 2.83. The number of nitrogens with two attached hydrogens (primary N) is 1. The molecule has 0 aromatic heterocycles. The lowest BCUT2D eigenvalue weighted by atomic mass is 10.1.